The molecule has 2 unspecified atom stereocenters. The van der Waals surface area contributed by atoms with Crippen LogP contribution >= 0.6 is 0 Å². The van der Waals surface area contributed by atoms with Gasteiger partial charge in [0.05, 0.1) is 5.60 Å². The number of hydrogen-bond acceptors (Lipinski definition) is 3. The van der Waals surface area contributed by atoms with Gasteiger partial charge in [-0.3, -0.25) is 0 Å². The van der Waals surface area contributed by atoms with Crippen LogP contribution in [0, 0.1) is 0 Å². The van der Waals surface area contributed by atoms with Crippen molar-refractivity contribution >= 4 is 0 Å². The van der Waals surface area contributed by atoms with E-state index in [9.17, 15) is 5.11 Å². The Morgan fingerprint density at radius 3 is 2.69 bits per heavy atom. The van der Waals surface area contributed by atoms with Gasteiger partial charge in [-0.05, 0) is 25.8 Å². The molecule has 0 aromatic heterocycles. The van der Waals surface area contributed by atoms with E-state index in [4.69, 9.17) is 5.73 Å². The molecule has 3 N–H and O–H groups in total. The smallest absolute Gasteiger partial charge is 0.0796 e. The highest BCUT2D eigenvalue weighted by Crippen LogP contribution is 2.27. The van der Waals surface area contributed by atoms with Crippen LogP contribution in [-0.4, -0.2) is 41.3 Å². The van der Waals surface area contributed by atoms with E-state index < -0.39 is 5.60 Å². The standard InChI is InChI=1S/C10H22N2O/c1-3-9-7-10(13,8-11)5-6-12(9)4-2/h9,13H,3-8,11H2,1-2H3. The van der Waals surface area contributed by atoms with Crippen LogP contribution in [0.25, 0.3) is 0 Å². The topological polar surface area (TPSA) is 49.5 Å². The van der Waals surface area contributed by atoms with Crippen LogP contribution < -0.4 is 5.73 Å². The maximum Gasteiger partial charge on any atom is 0.0796 e. The molecule has 1 rings (SSSR count). The SMILES string of the molecule is CCC1CC(O)(CN)CCN1CC. The molecule has 1 fully saturated rings. The zero-order valence-corrected chi connectivity index (χ0v) is 8.79. The molecule has 0 bridgehead atoms. The second-order valence-corrected chi connectivity index (χ2v) is 4.07. The van der Waals surface area contributed by atoms with Crippen LogP contribution in [0.4, 0.5) is 0 Å². The molecule has 3 heteroatoms. The summed E-state index contributed by atoms with van der Waals surface area (Å²) in [7, 11) is 0. The molecule has 0 saturated carbocycles. The second kappa shape index (κ2) is 4.40. The van der Waals surface area contributed by atoms with Crippen molar-refractivity contribution in [2.75, 3.05) is 19.6 Å². The first-order valence-electron chi connectivity index (χ1n) is 5.31. The number of piperidine rings is 1. The molecule has 0 amide bonds. The molecule has 0 aromatic rings. The van der Waals surface area contributed by atoms with Gasteiger partial charge >= 0.3 is 0 Å². The van der Waals surface area contributed by atoms with Crippen molar-refractivity contribution in [3.8, 4) is 0 Å². The number of aliphatic hydroxyl groups is 1. The Morgan fingerprint density at radius 2 is 2.23 bits per heavy atom. The van der Waals surface area contributed by atoms with Crippen molar-refractivity contribution in [1.82, 2.24) is 4.90 Å². The monoisotopic (exact) mass is 186 g/mol. The molecular formula is C10H22N2O. The van der Waals surface area contributed by atoms with E-state index in [-0.39, 0.29) is 0 Å². The molecular weight excluding hydrogens is 164 g/mol. The van der Waals surface area contributed by atoms with E-state index in [0.717, 1.165) is 32.4 Å². The summed E-state index contributed by atoms with van der Waals surface area (Å²) in [6.07, 6.45) is 2.78. The maximum absolute atomic E-state index is 10.0. The molecule has 0 spiro atoms. The Hall–Kier alpha value is -0.120. The van der Waals surface area contributed by atoms with Gasteiger partial charge in [0.25, 0.3) is 0 Å². The molecule has 1 saturated heterocycles. The van der Waals surface area contributed by atoms with E-state index in [1.807, 2.05) is 0 Å². The average Bonchev–Trinajstić information content (AvgIpc) is 2.18. The van der Waals surface area contributed by atoms with Gasteiger partial charge in [0, 0.05) is 19.1 Å². The van der Waals surface area contributed by atoms with Gasteiger partial charge in [0.1, 0.15) is 0 Å². The Bertz CT molecular complexity index is 163. The largest absolute Gasteiger partial charge is 0.388 e. The van der Waals surface area contributed by atoms with Crippen LogP contribution in [0.3, 0.4) is 0 Å². The Labute approximate surface area is 80.9 Å². The van der Waals surface area contributed by atoms with Crippen LogP contribution in [0.5, 0.6) is 0 Å². The number of likely N-dealkylation sites (tertiary alicyclic amines) is 1. The van der Waals surface area contributed by atoms with Crippen LogP contribution in [0.1, 0.15) is 33.1 Å². The van der Waals surface area contributed by atoms with Crippen molar-refractivity contribution in [3.63, 3.8) is 0 Å². The van der Waals surface area contributed by atoms with Crippen molar-refractivity contribution < 1.29 is 5.11 Å². The third kappa shape index (κ3) is 2.42. The summed E-state index contributed by atoms with van der Waals surface area (Å²) in [6.45, 7) is 6.83. The molecule has 1 aliphatic rings. The van der Waals surface area contributed by atoms with Crippen molar-refractivity contribution in [2.45, 2.75) is 44.8 Å². The van der Waals surface area contributed by atoms with Crippen LogP contribution in [0.2, 0.25) is 0 Å². The number of hydrogen-bond donors (Lipinski definition) is 2. The lowest BCUT2D eigenvalue weighted by Gasteiger charge is -2.43. The van der Waals surface area contributed by atoms with E-state index in [2.05, 4.69) is 18.7 Å². The van der Waals surface area contributed by atoms with E-state index >= 15 is 0 Å². The van der Waals surface area contributed by atoms with Crippen LogP contribution in [-0.2, 0) is 0 Å². The van der Waals surface area contributed by atoms with Crippen molar-refractivity contribution in [1.29, 1.82) is 0 Å². The predicted molar refractivity (Wildman–Crippen MR) is 54.6 cm³/mol. The highest BCUT2D eigenvalue weighted by atomic mass is 16.3. The fourth-order valence-corrected chi connectivity index (χ4v) is 2.21. The Morgan fingerprint density at radius 1 is 1.54 bits per heavy atom. The van der Waals surface area contributed by atoms with Gasteiger partial charge in [-0.1, -0.05) is 13.8 Å². The predicted octanol–water partition coefficient (Wildman–Crippen LogP) is 0.570. The average molecular weight is 186 g/mol. The molecule has 78 valence electrons. The lowest BCUT2D eigenvalue weighted by atomic mass is 9.85. The fraction of sp³-hybridized carbons (Fsp3) is 1.00. The minimum Gasteiger partial charge on any atom is -0.388 e. The summed E-state index contributed by atoms with van der Waals surface area (Å²) < 4.78 is 0. The molecule has 0 radical (unpaired) electrons. The number of nitrogens with two attached hydrogens (primary N) is 1. The first kappa shape index (κ1) is 11.0. The lowest BCUT2D eigenvalue weighted by molar-refractivity contribution is -0.0394. The van der Waals surface area contributed by atoms with Crippen molar-refractivity contribution in [2.24, 2.45) is 5.73 Å². The maximum atomic E-state index is 10.0. The van der Waals surface area contributed by atoms with E-state index in [0.29, 0.717) is 12.6 Å². The van der Waals surface area contributed by atoms with E-state index in [1.165, 1.54) is 0 Å². The Balaban J connectivity index is 2.57. The zero-order valence-electron chi connectivity index (χ0n) is 8.79. The van der Waals surface area contributed by atoms with Gasteiger partial charge in [0.2, 0.25) is 0 Å². The summed E-state index contributed by atoms with van der Waals surface area (Å²) in [6, 6.07) is 0.521. The third-order valence-electron chi connectivity index (χ3n) is 3.25. The van der Waals surface area contributed by atoms with Crippen LogP contribution in [0.15, 0.2) is 0 Å². The zero-order chi connectivity index (χ0) is 9.90. The quantitative estimate of drug-likeness (QED) is 0.677. The van der Waals surface area contributed by atoms with E-state index in [1.54, 1.807) is 0 Å². The summed E-state index contributed by atoms with van der Waals surface area (Å²) in [5, 5.41) is 10.0. The minimum absolute atomic E-state index is 0.404. The third-order valence-corrected chi connectivity index (χ3v) is 3.25. The molecule has 1 heterocycles. The van der Waals surface area contributed by atoms with Gasteiger partial charge < -0.3 is 15.7 Å². The highest BCUT2D eigenvalue weighted by molar-refractivity contribution is 4.91. The fourth-order valence-electron chi connectivity index (χ4n) is 2.21. The molecule has 1 aliphatic heterocycles. The first-order valence-corrected chi connectivity index (χ1v) is 5.31. The summed E-state index contributed by atoms with van der Waals surface area (Å²) in [5.41, 5.74) is 4.98. The van der Waals surface area contributed by atoms with Gasteiger partial charge in [0.15, 0.2) is 0 Å². The molecule has 0 aromatic carbocycles. The molecule has 3 nitrogen and oxygen atoms in total. The summed E-state index contributed by atoms with van der Waals surface area (Å²) in [5.74, 6) is 0. The number of nitrogens with zero attached hydrogens (tertiary/aromatic N) is 1. The second-order valence-electron chi connectivity index (χ2n) is 4.07. The molecule has 13 heavy (non-hydrogen) atoms. The summed E-state index contributed by atoms with van der Waals surface area (Å²) >= 11 is 0. The normalized spacial score (nSPS) is 36.5. The minimum atomic E-state index is -0.591. The molecule has 0 aliphatic carbocycles. The number of rotatable bonds is 3. The first-order chi connectivity index (χ1) is 6.15. The van der Waals surface area contributed by atoms with Gasteiger partial charge in [-0.2, -0.15) is 0 Å². The highest BCUT2D eigenvalue weighted by Gasteiger charge is 2.35. The lowest BCUT2D eigenvalue weighted by Crippen LogP contribution is -2.53. The van der Waals surface area contributed by atoms with Gasteiger partial charge in [-0.15, -0.1) is 0 Å². The van der Waals surface area contributed by atoms with Gasteiger partial charge in [-0.25, -0.2) is 0 Å². The Kier molecular flexibility index (Phi) is 3.71. The summed E-state index contributed by atoms with van der Waals surface area (Å²) in [4.78, 5) is 2.43. The van der Waals surface area contributed by atoms with Crippen molar-refractivity contribution in [3.05, 3.63) is 0 Å². The molecule has 2 atom stereocenters.